The SMILES string of the molecule is NS(=O)(=O)c1cc(NC(=O)c2cc(C(F)(F)F)cnc2N2CCCO[C@@H](C(F)(F)F)C2)ccn1. The third-order valence-corrected chi connectivity index (χ3v) is 5.47. The van der Waals surface area contributed by atoms with Gasteiger partial charge in [-0.05, 0) is 18.6 Å². The van der Waals surface area contributed by atoms with Gasteiger partial charge in [-0.25, -0.2) is 23.5 Å². The Bertz CT molecular complexity index is 1170. The molecule has 0 aromatic carbocycles. The molecular weight excluding hydrogens is 496 g/mol. The molecule has 0 bridgehead atoms. The van der Waals surface area contributed by atoms with Crippen LogP contribution in [-0.4, -0.2) is 56.3 Å². The van der Waals surface area contributed by atoms with Crippen LogP contribution >= 0.6 is 0 Å². The first-order valence-electron chi connectivity index (χ1n) is 9.47. The van der Waals surface area contributed by atoms with Crippen molar-refractivity contribution in [1.82, 2.24) is 9.97 Å². The number of aromatic nitrogens is 2. The van der Waals surface area contributed by atoms with Gasteiger partial charge in [-0.2, -0.15) is 26.3 Å². The molecule has 16 heteroatoms. The topological polar surface area (TPSA) is 128 Å². The molecule has 0 saturated carbocycles. The van der Waals surface area contributed by atoms with Crippen LogP contribution in [0.1, 0.15) is 22.3 Å². The average Bonchev–Trinajstić information content (AvgIpc) is 2.98. The predicted molar refractivity (Wildman–Crippen MR) is 105 cm³/mol. The number of amides is 1. The molecule has 0 unspecified atom stereocenters. The maximum absolute atomic E-state index is 13.3. The van der Waals surface area contributed by atoms with Crippen LogP contribution in [0.25, 0.3) is 0 Å². The van der Waals surface area contributed by atoms with Crippen LogP contribution < -0.4 is 15.4 Å². The second-order valence-corrected chi connectivity index (χ2v) is 8.68. The first kappa shape index (κ1) is 25.6. The summed E-state index contributed by atoms with van der Waals surface area (Å²) in [6, 6.07) is 2.47. The van der Waals surface area contributed by atoms with Crippen LogP contribution in [0.4, 0.5) is 37.8 Å². The summed E-state index contributed by atoms with van der Waals surface area (Å²) in [7, 11) is -4.25. The van der Waals surface area contributed by atoms with Crippen LogP contribution in [0.15, 0.2) is 35.6 Å². The zero-order valence-corrected chi connectivity index (χ0v) is 17.8. The smallest absolute Gasteiger partial charge is 0.367 e. The molecule has 1 saturated heterocycles. The van der Waals surface area contributed by atoms with Crippen LogP contribution in [0.3, 0.4) is 0 Å². The number of alkyl halides is 6. The minimum atomic E-state index is -4.89. The Morgan fingerprint density at radius 1 is 1.18 bits per heavy atom. The van der Waals surface area contributed by atoms with E-state index in [9.17, 15) is 39.6 Å². The normalized spacial score (nSPS) is 17.9. The number of nitrogens with one attached hydrogen (secondary N) is 1. The minimum Gasteiger partial charge on any atom is -0.367 e. The van der Waals surface area contributed by atoms with Gasteiger partial charge < -0.3 is 15.0 Å². The van der Waals surface area contributed by atoms with Gasteiger partial charge in [0.25, 0.3) is 15.9 Å². The maximum atomic E-state index is 13.3. The van der Waals surface area contributed by atoms with Crippen molar-refractivity contribution in [2.24, 2.45) is 5.14 Å². The number of sulfonamides is 1. The Hall–Kier alpha value is -2.98. The Labute approximate surface area is 189 Å². The number of nitrogens with zero attached hydrogens (tertiary/aromatic N) is 3. The number of hydrogen-bond acceptors (Lipinski definition) is 7. The summed E-state index contributed by atoms with van der Waals surface area (Å²) in [5, 5.41) is 6.55. The quantitative estimate of drug-likeness (QED) is 0.602. The molecule has 0 aliphatic carbocycles. The van der Waals surface area contributed by atoms with Gasteiger partial charge in [0.2, 0.25) is 0 Å². The van der Waals surface area contributed by atoms with E-state index in [2.05, 4.69) is 15.3 Å². The zero-order valence-electron chi connectivity index (χ0n) is 17.0. The van der Waals surface area contributed by atoms with E-state index in [0.29, 0.717) is 12.3 Å². The maximum Gasteiger partial charge on any atom is 0.417 e. The van der Waals surface area contributed by atoms with E-state index in [1.807, 2.05) is 0 Å². The number of ether oxygens (including phenoxy) is 1. The van der Waals surface area contributed by atoms with Crippen molar-refractivity contribution in [1.29, 1.82) is 0 Å². The van der Waals surface area contributed by atoms with Crippen LogP contribution in [-0.2, 0) is 20.9 Å². The molecule has 1 atom stereocenters. The summed E-state index contributed by atoms with van der Waals surface area (Å²) >= 11 is 0. The monoisotopic (exact) mass is 513 g/mol. The second-order valence-electron chi connectivity index (χ2n) is 7.18. The molecule has 0 spiro atoms. The highest BCUT2D eigenvalue weighted by Crippen LogP contribution is 2.33. The fraction of sp³-hybridized carbons (Fsp3) is 0.389. The lowest BCUT2D eigenvalue weighted by molar-refractivity contribution is -0.214. The molecule has 3 rings (SSSR count). The van der Waals surface area contributed by atoms with E-state index >= 15 is 0 Å². The molecule has 2 aromatic heterocycles. The molecule has 1 amide bonds. The van der Waals surface area contributed by atoms with Gasteiger partial charge in [-0.3, -0.25) is 4.79 Å². The van der Waals surface area contributed by atoms with Crippen molar-refractivity contribution in [2.75, 3.05) is 29.9 Å². The molecule has 186 valence electrons. The summed E-state index contributed by atoms with van der Waals surface area (Å²) in [5.41, 5.74) is -2.16. The van der Waals surface area contributed by atoms with Gasteiger partial charge >= 0.3 is 12.4 Å². The predicted octanol–water partition coefficient (Wildman–Crippen LogP) is 2.55. The standard InChI is InChI=1S/C18H17F6N5O4S/c19-17(20,21)10-6-12(16(30)28-11-2-3-26-14(7-11)34(25,31)32)15(27-8-10)29-4-1-5-33-13(9-29)18(22,23)24/h2-3,6-8,13H,1,4-5,9H2,(H2,25,31,32)(H,26,28,30)/t13-/m1/s1. The van der Waals surface area contributed by atoms with E-state index in [4.69, 9.17) is 9.88 Å². The Morgan fingerprint density at radius 2 is 1.88 bits per heavy atom. The van der Waals surface area contributed by atoms with Crippen molar-refractivity contribution >= 4 is 27.4 Å². The molecule has 9 nitrogen and oxygen atoms in total. The first-order valence-corrected chi connectivity index (χ1v) is 11.0. The number of hydrogen-bond donors (Lipinski definition) is 2. The highest BCUT2D eigenvalue weighted by atomic mass is 32.2. The molecular formula is C18H17F6N5O4S. The fourth-order valence-corrected chi connectivity index (χ4v) is 3.59. The lowest BCUT2D eigenvalue weighted by Gasteiger charge is -2.27. The molecule has 2 aromatic rings. The number of rotatable bonds is 4. The molecule has 1 fully saturated rings. The van der Waals surface area contributed by atoms with Gasteiger partial charge in [0.05, 0.1) is 17.7 Å². The van der Waals surface area contributed by atoms with Gasteiger partial charge in [0, 0.05) is 37.3 Å². The number of primary sulfonamides is 1. The van der Waals surface area contributed by atoms with Crippen molar-refractivity contribution in [3.8, 4) is 0 Å². The Balaban J connectivity index is 2.01. The Kier molecular flexibility index (Phi) is 7.05. The second kappa shape index (κ2) is 9.34. The first-order chi connectivity index (χ1) is 15.7. The molecule has 1 aliphatic heterocycles. The van der Waals surface area contributed by atoms with Gasteiger partial charge in [-0.1, -0.05) is 0 Å². The summed E-state index contributed by atoms with van der Waals surface area (Å²) < 4.78 is 107. The lowest BCUT2D eigenvalue weighted by atomic mass is 10.1. The van der Waals surface area contributed by atoms with Gasteiger partial charge in [-0.15, -0.1) is 0 Å². The van der Waals surface area contributed by atoms with E-state index in [1.165, 1.54) is 0 Å². The highest BCUT2D eigenvalue weighted by Gasteiger charge is 2.43. The third kappa shape index (κ3) is 6.12. The number of carbonyl (C=O) groups excluding carboxylic acids is 1. The molecule has 34 heavy (non-hydrogen) atoms. The number of halogens is 6. The largest absolute Gasteiger partial charge is 0.417 e. The highest BCUT2D eigenvalue weighted by molar-refractivity contribution is 7.89. The molecule has 0 radical (unpaired) electrons. The van der Waals surface area contributed by atoms with Crippen molar-refractivity contribution in [3.63, 3.8) is 0 Å². The average molecular weight is 513 g/mol. The van der Waals surface area contributed by atoms with Crippen LogP contribution in [0.5, 0.6) is 0 Å². The summed E-state index contributed by atoms with van der Waals surface area (Å²) in [6.07, 6.45) is -10.4. The Morgan fingerprint density at radius 3 is 2.50 bits per heavy atom. The minimum absolute atomic E-state index is 0.0734. The molecule has 3 heterocycles. The summed E-state index contributed by atoms with van der Waals surface area (Å²) in [5.74, 6) is -1.60. The number of anilines is 2. The number of nitrogens with two attached hydrogens (primary N) is 1. The van der Waals surface area contributed by atoms with Crippen molar-refractivity contribution < 1.29 is 44.3 Å². The summed E-state index contributed by atoms with van der Waals surface area (Å²) in [4.78, 5) is 21.1. The molecule has 3 N–H and O–H groups in total. The zero-order chi connectivity index (χ0) is 25.3. The van der Waals surface area contributed by atoms with Gasteiger partial charge in [0.15, 0.2) is 11.1 Å². The van der Waals surface area contributed by atoms with Gasteiger partial charge in [0.1, 0.15) is 5.82 Å². The van der Waals surface area contributed by atoms with Crippen molar-refractivity contribution in [3.05, 3.63) is 41.7 Å². The van der Waals surface area contributed by atoms with E-state index in [0.717, 1.165) is 23.2 Å². The fourth-order valence-electron chi connectivity index (χ4n) is 3.09. The number of pyridine rings is 2. The van der Waals surface area contributed by atoms with E-state index in [1.54, 1.807) is 0 Å². The molecule has 1 aliphatic rings. The lowest BCUT2D eigenvalue weighted by Crippen LogP contribution is -2.42. The van der Waals surface area contributed by atoms with Crippen molar-refractivity contribution in [2.45, 2.75) is 29.9 Å². The van der Waals surface area contributed by atoms with Crippen LogP contribution in [0.2, 0.25) is 0 Å². The van der Waals surface area contributed by atoms with E-state index in [-0.39, 0.29) is 25.3 Å². The van der Waals surface area contributed by atoms with E-state index < -0.39 is 62.9 Å². The summed E-state index contributed by atoms with van der Waals surface area (Å²) in [6.45, 7) is -1.13. The third-order valence-electron chi connectivity index (χ3n) is 4.67. The van der Waals surface area contributed by atoms with Crippen LogP contribution in [0, 0.1) is 0 Å². The number of carbonyl (C=O) groups is 1.